The molecule has 1 saturated heterocycles. The molecule has 1 fully saturated rings. The van der Waals surface area contributed by atoms with Gasteiger partial charge in [-0.1, -0.05) is 12.1 Å². The van der Waals surface area contributed by atoms with Gasteiger partial charge in [-0.2, -0.15) is 5.06 Å². The van der Waals surface area contributed by atoms with Gasteiger partial charge in [-0.25, -0.2) is 4.79 Å². The van der Waals surface area contributed by atoms with Crippen molar-refractivity contribution >= 4 is 23.2 Å². The molecule has 3 rings (SSSR count). The standard InChI is InChI=1S/C27H43N5O4/c1-27(2,3)36-29(5)15-8-16-31-17-13-20(14-18-31)22-9-7-10-23-25(22)30(6)26(35)32(23)21(19-33)11-12-24(34)28-4/h7,9-10,19-21H,8,11-18H2,1-6H3,(H,28,34). The fourth-order valence-electron chi connectivity index (χ4n) is 5.28. The lowest BCUT2D eigenvalue weighted by molar-refractivity contribution is -0.214. The molecule has 1 atom stereocenters. The number of nitrogens with one attached hydrogen (secondary N) is 1. The topological polar surface area (TPSA) is 88.8 Å². The highest BCUT2D eigenvalue weighted by Crippen LogP contribution is 2.33. The van der Waals surface area contributed by atoms with E-state index in [0.29, 0.717) is 12.3 Å². The number of likely N-dealkylation sites (tertiary alicyclic amines) is 1. The summed E-state index contributed by atoms with van der Waals surface area (Å²) in [6, 6.07) is 5.33. The summed E-state index contributed by atoms with van der Waals surface area (Å²) in [6.07, 6.45) is 4.37. The van der Waals surface area contributed by atoms with Crippen LogP contribution in [0.1, 0.15) is 70.4 Å². The number of hydroxylamine groups is 2. The number of aromatic nitrogens is 2. The Kier molecular flexibility index (Phi) is 9.49. The summed E-state index contributed by atoms with van der Waals surface area (Å²) in [5.41, 5.74) is 2.43. The molecule has 0 aliphatic carbocycles. The Morgan fingerprint density at radius 2 is 1.97 bits per heavy atom. The maximum absolute atomic E-state index is 13.2. The molecular weight excluding hydrogens is 458 g/mol. The number of para-hydroxylation sites is 1. The van der Waals surface area contributed by atoms with E-state index in [1.54, 1.807) is 23.2 Å². The highest BCUT2D eigenvalue weighted by Gasteiger charge is 2.26. The Morgan fingerprint density at radius 3 is 2.58 bits per heavy atom. The number of carbonyl (C=O) groups is 2. The van der Waals surface area contributed by atoms with E-state index in [1.807, 2.05) is 24.2 Å². The van der Waals surface area contributed by atoms with E-state index in [0.717, 1.165) is 62.8 Å². The van der Waals surface area contributed by atoms with Crippen LogP contribution in [0.5, 0.6) is 0 Å². The van der Waals surface area contributed by atoms with Crippen molar-refractivity contribution in [1.29, 1.82) is 0 Å². The summed E-state index contributed by atoms with van der Waals surface area (Å²) in [5.74, 6) is 0.217. The molecule has 0 bridgehead atoms. The van der Waals surface area contributed by atoms with Crippen molar-refractivity contribution in [2.75, 3.05) is 40.3 Å². The molecular formula is C27H43N5O4. The lowest BCUT2D eigenvalue weighted by atomic mass is 9.88. The smallest absolute Gasteiger partial charge is 0.329 e. The van der Waals surface area contributed by atoms with E-state index in [2.05, 4.69) is 37.1 Å². The van der Waals surface area contributed by atoms with Crippen molar-refractivity contribution in [1.82, 2.24) is 24.4 Å². The molecule has 9 nitrogen and oxygen atoms in total. The van der Waals surface area contributed by atoms with Crippen molar-refractivity contribution < 1.29 is 14.4 Å². The molecule has 9 heteroatoms. The summed E-state index contributed by atoms with van der Waals surface area (Å²) in [5, 5.41) is 4.51. The molecule has 1 aromatic carbocycles. The van der Waals surface area contributed by atoms with Crippen LogP contribution in [0.2, 0.25) is 0 Å². The Hall–Kier alpha value is -2.49. The van der Waals surface area contributed by atoms with Crippen molar-refractivity contribution in [3.05, 3.63) is 34.2 Å². The Morgan fingerprint density at radius 1 is 1.28 bits per heavy atom. The quantitative estimate of drug-likeness (QED) is 0.376. The number of nitrogens with zero attached hydrogens (tertiary/aromatic N) is 4. The number of rotatable bonds is 11. The molecule has 1 aliphatic heterocycles. The number of piperidine rings is 1. The highest BCUT2D eigenvalue weighted by molar-refractivity contribution is 5.82. The van der Waals surface area contributed by atoms with Gasteiger partial charge >= 0.3 is 5.69 Å². The number of carbonyl (C=O) groups excluding carboxylic acids is 2. The number of hydrogen-bond donors (Lipinski definition) is 1. The first-order valence-electron chi connectivity index (χ1n) is 13.0. The first kappa shape index (κ1) is 28.1. The fourth-order valence-corrected chi connectivity index (χ4v) is 5.28. The van der Waals surface area contributed by atoms with Crippen LogP contribution in [0, 0.1) is 0 Å². The minimum atomic E-state index is -0.670. The molecule has 2 heterocycles. The number of benzene rings is 1. The van der Waals surface area contributed by atoms with Gasteiger partial charge < -0.3 is 15.0 Å². The number of imidazole rings is 1. The van der Waals surface area contributed by atoms with E-state index in [9.17, 15) is 14.4 Å². The molecule has 0 saturated carbocycles. The van der Waals surface area contributed by atoms with E-state index in [4.69, 9.17) is 4.84 Å². The van der Waals surface area contributed by atoms with Gasteiger partial charge in [0.1, 0.15) is 6.29 Å². The van der Waals surface area contributed by atoms with E-state index >= 15 is 0 Å². The third-order valence-electron chi connectivity index (χ3n) is 6.97. The summed E-state index contributed by atoms with van der Waals surface area (Å²) < 4.78 is 3.22. The van der Waals surface area contributed by atoms with Gasteiger partial charge in [-0.15, -0.1) is 0 Å². The average Bonchev–Trinajstić information content (AvgIpc) is 3.09. The van der Waals surface area contributed by atoms with Crippen LogP contribution < -0.4 is 11.0 Å². The van der Waals surface area contributed by atoms with Gasteiger partial charge in [0.25, 0.3) is 0 Å². The summed E-state index contributed by atoms with van der Waals surface area (Å²) in [4.78, 5) is 45.2. The summed E-state index contributed by atoms with van der Waals surface area (Å²) in [7, 11) is 5.33. The maximum atomic E-state index is 13.2. The molecule has 1 unspecified atom stereocenters. The van der Waals surface area contributed by atoms with Gasteiger partial charge in [-0.3, -0.25) is 18.8 Å². The molecule has 2 aromatic rings. The van der Waals surface area contributed by atoms with E-state index in [1.165, 1.54) is 5.56 Å². The number of amides is 1. The van der Waals surface area contributed by atoms with Gasteiger partial charge in [0, 0.05) is 34.1 Å². The number of aldehydes is 1. The average molecular weight is 502 g/mol. The van der Waals surface area contributed by atoms with Crippen molar-refractivity contribution in [3.8, 4) is 0 Å². The second kappa shape index (κ2) is 12.2. The zero-order valence-corrected chi connectivity index (χ0v) is 22.7. The van der Waals surface area contributed by atoms with Crippen LogP contribution in [0.15, 0.2) is 23.0 Å². The monoisotopic (exact) mass is 501 g/mol. The molecule has 200 valence electrons. The van der Waals surface area contributed by atoms with Crippen LogP contribution in [0.4, 0.5) is 0 Å². The predicted molar refractivity (Wildman–Crippen MR) is 142 cm³/mol. The highest BCUT2D eigenvalue weighted by atomic mass is 16.7. The van der Waals surface area contributed by atoms with Crippen LogP contribution in [0.25, 0.3) is 11.0 Å². The maximum Gasteiger partial charge on any atom is 0.329 e. The number of aryl methyl sites for hydroxylation is 1. The first-order chi connectivity index (χ1) is 17.1. The summed E-state index contributed by atoms with van der Waals surface area (Å²) >= 11 is 0. The van der Waals surface area contributed by atoms with E-state index in [-0.39, 0.29) is 23.6 Å². The first-order valence-corrected chi connectivity index (χ1v) is 13.0. The minimum absolute atomic E-state index is 0.143. The number of hydrogen-bond acceptors (Lipinski definition) is 6. The minimum Gasteiger partial charge on any atom is -0.359 e. The normalized spacial score (nSPS) is 16.5. The predicted octanol–water partition coefficient (Wildman–Crippen LogP) is 2.84. The lowest BCUT2D eigenvalue weighted by Gasteiger charge is -2.33. The van der Waals surface area contributed by atoms with Crippen LogP contribution in [0.3, 0.4) is 0 Å². The number of fused-ring (bicyclic) bond motifs is 1. The molecule has 1 aromatic heterocycles. The van der Waals surface area contributed by atoms with Crippen molar-refractivity contribution in [2.45, 2.75) is 70.4 Å². The van der Waals surface area contributed by atoms with Crippen molar-refractivity contribution in [3.63, 3.8) is 0 Å². The van der Waals surface area contributed by atoms with Crippen LogP contribution in [-0.2, 0) is 21.5 Å². The molecule has 1 aliphatic rings. The van der Waals surface area contributed by atoms with Gasteiger partial charge in [-0.05, 0) is 83.6 Å². The largest absolute Gasteiger partial charge is 0.359 e. The Bertz CT molecular complexity index is 1090. The van der Waals surface area contributed by atoms with Crippen LogP contribution in [-0.4, -0.2) is 77.2 Å². The van der Waals surface area contributed by atoms with Gasteiger partial charge in [0.2, 0.25) is 5.91 Å². The molecule has 0 radical (unpaired) electrons. The van der Waals surface area contributed by atoms with E-state index < -0.39 is 6.04 Å². The lowest BCUT2D eigenvalue weighted by Crippen LogP contribution is -2.36. The third kappa shape index (κ3) is 6.83. The third-order valence-corrected chi connectivity index (χ3v) is 6.97. The Balaban J connectivity index is 1.69. The summed E-state index contributed by atoms with van der Waals surface area (Å²) in [6.45, 7) is 10.1. The molecule has 1 amide bonds. The van der Waals surface area contributed by atoms with Gasteiger partial charge in [0.15, 0.2) is 0 Å². The second-order valence-electron chi connectivity index (χ2n) is 10.9. The zero-order valence-electron chi connectivity index (χ0n) is 22.7. The van der Waals surface area contributed by atoms with Gasteiger partial charge in [0.05, 0.1) is 22.7 Å². The zero-order chi connectivity index (χ0) is 26.5. The Labute approximate surface area is 214 Å². The second-order valence-corrected chi connectivity index (χ2v) is 10.9. The fraction of sp³-hybridized carbons (Fsp3) is 0.667. The molecule has 36 heavy (non-hydrogen) atoms. The molecule has 1 N–H and O–H groups in total. The SMILES string of the molecule is CNC(=O)CCC(C=O)n1c(=O)n(C)c2c(C3CCN(CCCN(C)OC(C)(C)C)CC3)cccc21. The van der Waals surface area contributed by atoms with Crippen LogP contribution >= 0.6 is 0 Å². The molecule has 0 spiro atoms. The van der Waals surface area contributed by atoms with Crippen molar-refractivity contribution in [2.24, 2.45) is 7.05 Å².